The number of fused-ring (bicyclic) bond motifs is 3. The van der Waals surface area contributed by atoms with Crippen LogP contribution in [0.3, 0.4) is 0 Å². The summed E-state index contributed by atoms with van der Waals surface area (Å²) in [4.78, 5) is 0. The summed E-state index contributed by atoms with van der Waals surface area (Å²) in [5, 5.41) is 9.00. The molecule has 0 spiro atoms. The number of hydrogen-bond acceptors (Lipinski definition) is 4. The second-order valence-electron chi connectivity index (χ2n) is 7.83. The van der Waals surface area contributed by atoms with Crippen molar-refractivity contribution >= 4 is 43.5 Å². The summed E-state index contributed by atoms with van der Waals surface area (Å²) in [6, 6.07) is 24.3. The van der Waals surface area contributed by atoms with Crippen molar-refractivity contribution in [2.24, 2.45) is 12.1 Å². The summed E-state index contributed by atoms with van der Waals surface area (Å²) in [6.07, 6.45) is 2.43. The van der Waals surface area contributed by atoms with Crippen molar-refractivity contribution in [3.8, 4) is 0 Å². The summed E-state index contributed by atoms with van der Waals surface area (Å²) in [5.41, 5.74) is 4.27. The number of aromatic nitrogens is 1. The van der Waals surface area contributed by atoms with Gasteiger partial charge in [-0.15, -0.1) is 0 Å². The molecule has 0 bridgehead atoms. The van der Waals surface area contributed by atoms with Gasteiger partial charge in [0.2, 0.25) is 0 Å². The highest BCUT2D eigenvalue weighted by Crippen LogP contribution is 2.29. The molecule has 30 heavy (non-hydrogen) atoms. The summed E-state index contributed by atoms with van der Waals surface area (Å²) in [6.45, 7) is 0. The van der Waals surface area contributed by atoms with E-state index in [1.165, 1.54) is 21.8 Å². The van der Waals surface area contributed by atoms with Gasteiger partial charge in [0.1, 0.15) is 0 Å². The number of hydrogen-bond donors (Lipinski definition) is 0. The maximum absolute atomic E-state index is 12.0. The lowest BCUT2D eigenvalue weighted by Crippen LogP contribution is -2.31. The third-order valence-corrected chi connectivity index (χ3v) is 7.59. The molecular weight excluding hydrogens is 394 g/mol. The fourth-order valence-electron chi connectivity index (χ4n) is 4.32. The first-order valence-corrected chi connectivity index (χ1v) is 11.9. The highest BCUT2D eigenvalue weighted by molar-refractivity contribution is 7.91. The molecule has 152 valence electrons. The van der Waals surface area contributed by atoms with Crippen LogP contribution in [-0.2, 0) is 16.9 Å². The van der Waals surface area contributed by atoms with E-state index >= 15 is 0 Å². The molecule has 1 unspecified atom stereocenters. The quantitative estimate of drug-likeness (QED) is 0.366. The molecule has 3 aromatic carbocycles. The minimum atomic E-state index is -3.00. The molecule has 0 aliphatic carbocycles. The van der Waals surface area contributed by atoms with E-state index < -0.39 is 9.84 Å². The SMILES string of the molecule is Cn1c2ccccc2c2cc(/C=N\N(c3ccccc3)C3CCS(=O)(=O)C3)ccc21. The zero-order valence-electron chi connectivity index (χ0n) is 16.8. The highest BCUT2D eigenvalue weighted by Gasteiger charge is 2.32. The maximum atomic E-state index is 12.0. The zero-order chi connectivity index (χ0) is 20.7. The van der Waals surface area contributed by atoms with Gasteiger partial charge in [-0.1, -0.05) is 42.5 Å². The number of aryl methyl sites for hydroxylation is 1. The monoisotopic (exact) mass is 417 g/mol. The van der Waals surface area contributed by atoms with E-state index in [4.69, 9.17) is 5.10 Å². The van der Waals surface area contributed by atoms with Crippen LogP contribution in [0, 0.1) is 0 Å². The van der Waals surface area contributed by atoms with E-state index in [0.717, 1.165) is 11.3 Å². The zero-order valence-corrected chi connectivity index (χ0v) is 17.6. The molecule has 1 atom stereocenters. The highest BCUT2D eigenvalue weighted by atomic mass is 32.2. The molecule has 1 aliphatic heterocycles. The summed E-state index contributed by atoms with van der Waals surface area (Å²) >= 11 is 0. The van der Waals surface area contributed by atoms with Gasteiger partial charge in [0.25, 0.3) is 0 Å². The Morgan fingerprint density at radius 3 is 2.47 bits per heavy atom. The Labute approximate surface area is 176 Å². The standard InChI is InChI=1S/C24H23N3O2S/c1-26-23-10-6-5-9-21(23)22-15-18(11-12-24(22)26)16-25-27(19-7-3-2-4-8-19)20-13-14-30(28,29)17-20/h2-12,15-16,20H,13-14,17H2,1H3/b25-16-. The van der Waals surface area contributed by atoms with E-state index in [1.54, 1.807) is 0 Å². The normalized spacial score (nSPS) is 18.5. The first-order chi connectivity index (χ1) is 14.5. The molecule has 5 nitrogen and oxygen atoms in total. The van der Waals surface area contributed by atoms with Gasteiger partial charge >= 0.3 is 0 Å². The van der Waals surface area contributed by atoms with Gasteiger partial charge in [-0.2, -0.15) is 5.10 Å². The molecule has 0 N–H and O–H groups in total. The third kappa shape index (κ3) is 3.37. The second kappa shape index (κ2) is 7.29. The maximum Gasteiger partial charge on any atom is 0.152 e. The fraction of sp³-hybridized carbons (Fsp3) is 0.208. The Balaban J connectivity index is 1.54. The molecule has 1 aromatic heterocycles. The minimum Gasteiger partial charge on any atom is -0.344 e. The van der Waals surface area contributed by atoms with Crippen molar-refractivity contribution in [1.29, 1.82) is 0 Å². The average Bonchev–Trinajstić information content (AvgIpc) is 3.26. The smallest absolute Gasteiger partial charge is 0.152 e. The van der Waals surface area contributed by atoms with Crippen LogP contribution in [0.25, 0.3) is 21.8 Å². The molecular formula is C24H23N3O2S. The van der Waals surface area contributed by atoms with Gasteiger partial charge < -0.3 is 4.57 Å². The Morgan fingerprint density at radius 1 is 0.967 bits per heavy atom. The molecule has 2 heterocycles. The van der Waals surface area contributed by atoms with Crippen molar-refractivity contribution in [3.63, 3.8) is 0 Å². The lowest BCUT2D eigenvalue weighted by Gasteiger charge is -2.25. The van der Waals surface area contributed by atoms with Crippen LogP contribution >= 0.6 is 0 Å². The molecule has 0 saturated carbocycles. The number of benzene rings is 3. The van der Waals surface area contributed by atoms with E-state index in [-0.39, 0.29) is 17.5 Å². The van der Waals surface area contributed by atoms with Crippen LogP contribution in [0.1, 0.15) is 12.0 Å². The van der Waals surface area contributed by atoms with Crippen LogP contribution < -0.4 is 5.01 Å². The first-order valence-electron chi connectivity index (χ1n) is 10.1. The average molecular weight is 418 g/mol. The molecule has 1 fully saturated rings. The number of anilines is 1. The second-order valence-corrected chi connectivity index (χ2v) is 10.1. The molecule has 0 amide bonds. The molecule has 0 radical (unpaired) electrons. The first kappa shape index (κ1) is 18.9. The van der Waals surface area contributed by atoms with Crippen LogP contribution in [0.15, 0.2) is 77.9 Å². The summed E-state index contributed by atoms with van der Waals surface area (Å²) < 4.78 is 26.3. The van der Waals surface area contributed by atoms with Crippen LogP contribution in [0.2, 0.25) is 0 Å². The van der Waals surface area contributed by atoms with Gasteiger partial charge in [-0.05, 0) is 42.3 Å². The van der Waals surface area contributed by atoms with Gasteiger partial charge in [0, 0.05) is 28.9 Å². The van der Waals surface area contributed by atoms with Crippen LogP contribution in [-0.4, -0.2) is 36.7 Å². The van der Waals surface area contributed by atoms with Gasteiger partial charge in [-0.25, -0.2) is 8.42 Å². The van der Waals surface area contributed by atoms with Gasteiger partial charge in [0.05, 0.1) is 29.4 Å². The Hall–Kier alpha value is -3.12. The Morgan fingerprint density at radius 2 is 1.70 bits per heavy atom. The minimum absolute atomic E-state index is 0.140. The summed E-state index contributed by atoms with van der Waals surface area (Å²) in [5.74, 6) is 0.361. The van der Waals surface area contributed by atoms with E-state index in [9.17, 15) is 8.42 Å². The molecule has 4 aromatic rings. The number of para-hydroxylation sites is 2. The van der Waals surface area contributed by atoms with Crippen molar-refractivity contribution in [1.82, 2.24) is 4.57 Å². The van der Waals surface area contributed by atoms with Crippen molar-refractivity contribution in [3.05, 3.63) is 78.4 Å². The van der Waals surface area contributed by atoms with Crippen molar-refractivity contribution in [2.75, 3.05) is 16.5 Å². The lowest BCUT2D eigenvalue weighted by molar-refractivity contribution is 0.600. The van der Waals surface area contributed by atoms with Crippen LogP contribution in [0.4, 0.5) is 5.69 Å². The number of rotatable bonds is 4. The molecule has 6 heteroatoms. The van der Waals surface area contributed by atoms with E-state index in [0.29, 0.717) is 6.42 Å². The lowest BCUT2D eigenvalue weighted by atomic mass is 10.1. The Bertz CT molecular complexity index is 1360. The number of hydrazone groups is 1. The Kier molecular flexibility index (Phi) is 4.59. The molecule has 5 rings (SSSR count). The number of nitrogens with zero attached hydrogens (tertiary/aromatic N) is 3. The third-order valence-electron chi connectivity index (χ3n) is 5.84. The predicted octanol–water partition coefficient (Wildman–Crippen LogP) is 4.36. The number of sulfone groups is 1. The van der Waals surface area contributed by atoms with Gasteiger partial charge in [0.15, 0.2) is 9.84 Å². The summed E-state index contributed by atoms with van der Waals surface area (Å²) in [7, 11) is -0.921. The van der Waals surface area contributed by atoms with E-state index in [1.807, 2.05) is 41.6 Å². The topological polar surface area (TPSA) is 54.7 Å². The molecule has 1 saturated heterocycles. The van der Waals surface area contributed by atoms with Crippen LogP contribution in [0.5, 0.6) is 0 Å². The predicted molar refractivity (Wildman–Crippen MR) is 124 cm³/mol. The fourth-order valence-corrected chi connectivity index (χ4v) is 6.01. The largest absolute Gasteiger partial charge is 0.344 e. The van der Waals surface area contributed by atoms with Gasteiger partial charge in [-0.3, -0.25) is 5.01 Å². The van der Waals surface area contributed by atoms with E-state index in [2.05, 4.69) is 54.1 Å². The van der Waals surface area contributed by atoms with Crippen molar-refractivity contribution < 1.29 is 8.42 Å². The molecule has 1 aliphatic rings. The van der Waals surface area contributed by atoms with Crippen molar-refractivity contribution in [2.45, 2.75) is 12.5 Å².